The summed E-state index contributed by atoms with van der Waals surface area (Å²) in [6, 6.07) is 7.39. The summed E-state index contributed by atoms with van der Waals surface area (Å²) in [6.07, 6.45) is 1.61. The van der Waals surface area contributed by atoms with Crippen molar-refractivity contribution < 1.29 is 14.3 Å². The molecular weight excluding hydrogens is 406 g/mol. The molecule has 3 N–H and O–H groups in total. The van der Waals surface area contributed by atoms with Gasteiger partial charge in [-0.15, -0.1) is 0 Å². The number of nitrogens with one attached hydrogen (secondary N) is 1. The Balaban J connectivity index is 1.58. The maximum Gasteiger partial charge on any atom is 0.229 e. The summed E-state index contributed by atoms with van der Waals surface area (Å²) in [5.74, 6) is 0.850. The highest BCUT2D eigenvalue weighted by Gasteiger charge is 2.28. The lowest BCUT2D eigenvalue weighted by molar-refractivity contribution is -0.119. The predicted octanol–water partition coefficient (Wildman–Crippen LogP) is 2.96. The lowest BCUT2D eigenvalue weighted by Crippen LogP contribution is -2.32. The number of halogens is 1. The smallest absolute Gasteiger partial charge is 0.229 e. The normalized spacial score (nSPS) is 22.0. The van der Waals surface area contributed by atoms with Gasteiger partial charge in [0.15, 0.2) is 0 Å². The molecule has 1 amide bonds. The van der Waals surface area contributed by atoms with Crippen LogP contribution in [-0.4, -0.2) is 48.8 Å². The predicted molar refractivity (Wildman–Crippen MR) is 116 cm³/mol. The second-order valence-electron chi connectivity index (χ2n) is 7.65. The molecule has 2 atom stereocenters. The highest BCUT2D eigenvalue weighted by atomic mass is 35.5. The molecule has 3 heterocycles. The van der Waals surface area contributed by atoms with E-state index in [1.165, 1.54) is 0 Å². The van der Waals surface area contributed by atoms with Crippen molar-refractivity contribution in [1.29, 1.82) is 0 Å². The number of amides is 1. The number of hydrogen-bond donors (Lipinski definition) is 2. The van der Waals surface area contributed by atoms with E-state index in [-0.39, 0.29) is 23.8 Å². The molecule has 2 aliphatic heterocycles. The molecule has 0 spiro atoms. The number of nitrogen functional groups attached to an aromatic ring is 1. The number of carbonyl (C=O) groups excluding carboxylic acids is 1. The zero-order chi connectivity index (χ0) is 21.1. The molecule has 2 saturated heterocycles. The van der Waals surface area contributed by atoms with Gasteiger partial charge in [0.05, 0.1) is 25.2 Å². The average Bonchev–Trinajstić information content (AvgIpc) is 3.13. The Kier molecular flexibility index (Phi) is 6.36. The van der Waals surface area contributed by atoms with Crippen molar-refractivity contribution in [2.45, 2.75) is 25.8 Å². The van der Waals surface area contributed by atoms with Crippen LogP contribution in [0.15, 0.2) is 24.3 Å². The maximum absolute atomic E-state index is 12.4. The Labute approximate surface area is 180 Å². The molecule has 2 aliphatic rings. The second kappa shape index (κ2) is 9.16. The van der Waals surface area contributed by atoms with Gasteiger partial charge < -0.3 is 25.4 Å². The molecule has 2 fully saturated rings. The Hall–Kier alpha value is -2.42. The SMILES string of the molecule is Cc1cc(N2CCCOCC2c2ccc(NC(=O)[C@H]3CCOC3)cc2Cl)nc(N)n1. The minimum Gasteiger partial charge on any atom is -0.381 e. The Morgan fingerprint density at radius 2 is 2.07 bits per heavy atom. The van der Waals surface area contributed by atoms with E-state index in [4.69, 9.17) is 26.8 Å². The summed E-state index contributed by atoms with van der Waals surface area (Å²) in [7, 11) is 0. The Morgan fingerprint density at radius 1 is 1.23 bits per heavy atom. The van der Waals surface area contributed by atoms with E-state index in [1.807, 2.05) is 25.1 Å². The topological polar surface area (TPSA) is 103 Å². The molecule has 1 aromatic carbocycles. The quantitative estimate of drug-likeness (QED) is 0.767. The maximum atomic E-state index is 12.4. The molecule has 1 unspecified atom stereocenters. The van der Waals surface area contributed by atoms with Gasteiger partial charge in [-0.3, -0.25) is 4.79 Å². The van der Waals surface area contributed by atoms with Gasteiger partial charge >= 0.3 is 0 Å². The third kappa shape index (κ3) is 4.66. The van der Waals surface area contributed by atoms with Gasteiger partial charge in [-0.25, -0.2) is 4.98 Å². The standard InChI is InChI=1S/C21H26ClN5O3/c1-13-9-19(26-21(23)24-13)27-6-2-7-29-12-18(27)16-4-3-15(10-17(16)22)25-20(28)14-5-8-30-11-14/h3-4,9-10,14,18H,2,5-8,11-12H2,1H3,(H,25,28)(H2,23,24,26)/t14-,18?/m0/s1. The van der Waals surface area contributed by atoms with Gasteiger partial charge in [-0.1, -0.05) is 17.7 Å². The van der Waals surface area contributed by atoms with Crippen LogP contribution in [0.25, 0.3) is 0 Å². The highest BCUT2D eigenvalue weighted by molar-refractivity contribution is 6.31. The van der Waals surface area contributed by atoms with Crippen molar-refractivity contribution >= 4 is 35.0 Å². The van der Waals surface area contributed by atoms with E-state index in [0.717, 1.165) is 36.5 Å². The number of nitrogens with two attached hydrogens (primary N) is 1. The fourth-order valence-electron chi connectivity index (χ4n) is 3.89. The van der Waals surface area contributed by atoms with Crippen LogP contribution >= 0.6 is 11.6 Å². The number of rotatable bonds is 4. The zero-order valence-corrected chi connectivity index (χ0v) is 17.7. The highest BCUT2D eigenvalue weighted by Crippen LogP contribution is 2.34. The first-order valence-corrected chi connectivity index (χ1v) is 10.5. The van der Waals surface area contributed by atoms with Crippen LogP contribution in [0.2, 0.25) is 5.02 Å². The number of hydrogen-bond acceptors (Lipinski definition) is 7. The molecule has 2 aromatic rings. The van der Waals surface area contributed by atoms with Gasteiger partial charge in [-0.2, -0.15) is 4.98 Å². The zero-order valence-electron chi connectivity index (χ0n) is 16.9. The number of aromatic nitrogens is 2. The summed E-state index contributed by atoms with van der Waals surface area (Å²) >= 11 is 6.66. The van der Waals surface area contributed by atoms with Crippen molar-refractivity contribution in [3.63, 3.8) is 0 Å². The van der Waals surface area contributed by atoms with Crippen molar-refractivity contribution in [1.82, 2.24) is 9.97 Å². The van der Waals surface area contributed by atoms with Crippen molar-refractivity contribution in [3.05, 3.63) is 40.5 Å². The summed E-state index contributed by atoms with van der Waals surface area (Å²) < 4.78 is 11.1. The largest absolute Gasteiger partial charge is 0.381 e. The molecule has 1 aromatic heterocycles. The van der Waals surface area contributed by atoms with Gasteiger partial charge in [0, 0.05) is 42.2 Å². The molecule has 0 bridgehead atoms. The van der Waals surface area contributed by atoms with Crippen molar-refractivity contribution in [3.8, 4) is 0 Å². The molecule has 9 heteroatoms. The number of ether oxygens (including phenoxy) is 2. The second-order valence-corrected chi connectivity index (χ2v) is 8.06. The van der Waals surface area contributed by atoms with E-state index < -0.39 is 0 Å². The van der Waals surface area contributed by atoms with E-state index in [0.29, 0.717) is 37.1 Å². The van der Waals surface area contributed by atoms with Gasteiger partial charge in [-0.05, 0) is 37.5 Å². The fourth-order valence-corrected chi connectivity index (χ4v) is 4.20. The van der Waals surface area contributed by atoms with Crippen LogP contribution in [-0.2, 0) is 14.3 Å². The summed E-state index contributed by atoms with van der Waals surface area (Å²) in [6.45, 7) is 4.90. The lowest BCUT2D eigenvalue weighted by Gasteiger charge is -2.31. The number of benzene rings is 1. The first-order chi connectivity index (χ1) is 14.5. The lowest BCUT2D eigenvalue weighted by atomic mass is 10.0. The molecule has 4 rings (SSSR count). The summed E-state index contributed by atoms with van der Waals surface area (Å²) in [5.41, 5.74) is 8.27. The van der Waals surface area contributed by atoms with Crippen LogP contribution < -0.4 is 16.0 Å². The first-order valence-electron chi connectivity index (χ1n) is 10.1. The van der Waals surface area contributed by atoms with Crippen LogP contribution in [0.1, 0.15) is 30.1 Å². The molecule has 0 saturated carbocycles. The Morgan fingerprint density at radius 3 is 2.80 bits per heavy atom. The first kappa shape index (κ1) is 20.8. The van der Waals surface area contributed by atoms with E-state index in [9.17, 15) is 4.79 Å². The van der Waals surface area contributed by atoms with E-state index >= 15 is 0 Å². The minimum absolute atomic E-state index is 0.0392. The van der Waals surface area contributed by atoms with E-state index in [1.54, 1.807) is 6.07 Å². The molecule has 160 valence electrons. The van der Waals surface area contributed by atoms with Crippen LogP contribution in [0.3, 0.4) is 0 Å². The van der Waals surface area contributed by atoms with Crippen molar-refractivity contribution in [2.75, 3.05) is 48.9 Å². The summed E-state index contributed by atoms with van der Waals surface area (Å²) in [4.78, 5) is 23.1. The third-order valence-corrected chi connectivity index (χ3v) is 5.75. The molecular formula is C21H26ClN5O3. The minimum atomic E-state index is -0.123. The molecule has 0 aliphatic carbocycles. The molecule has 30 heavy (non-hydrogen) atoms. The number of carbonyl (C=O) groups is 1. The average molecular weight is 432 g/mol. The molecule has 8 nitrogen and oxygen atoms in total. The number of nitrogens with zero attached hydrogens (tertiary/aromatic N) is 3. The molecule has 0 radical (unpaired) electrons. The summed E-state index contributed by atoms with van der Waals surface area (Å²) in [5, 5.41) is 3.50. The third-order valence-electron chi connectivity index (χ3n) is 5.42. The monoisotopic (exact) mass is 431 g/mol. The van der Waals surface area contributed by atoms with E-state index in [2.05, 4.69) is 20.2 Å². The fraction of sp³-hybridized carbons (Fsp3) is 0.476. The van der Waals surface area contributed by atoms with Gasteiger partial charge in [0.25, 0.3) is 0 Å². The number of aryl methyl sites for hydroxylation is 1. The Bertz CT molecular complexity index is 899. The van der Waals surface area contributed by atoms with Crippen molar-refractivity contribution in [2.24, 2.45) is 5.92 Å². The van der Waals surface area contributed by atoms with Gasteiger partial charge in [0.2, 0.25) is 11.9 Å². The van der Waals surface area contributed by atoms with Crippen LogP contribution in [0.4, 0.5) is 17.5 Å². The van der Waals surface area contributed by atoms with Gasteiger partial charge in [0.1, 0.15) is 5.82 Å². The van der Waals surface area contributed by atoms with Crippen LogP contribution in [0.5, 0.6) is 0 Å². The van der Waals surface area contributed by atoms with Crippen LogP contribution in [0, 0.1) is 12.8 Å². The number of anilines is 3.